The van der Waals surface area contributed by atoms with E-state index in [4.69, 9.17) is 0 Å². The molecule has 1 fully saturated rings. The van der Waals surface area contributed by atoms with Crippen LogP contribution in [0.25, 0.3) is 0 Å². The van der Waals surface area contributed by atoms with Crippen LogP contribution in [0, 0.1) is 11.8 Å². The maximum atomic E-state index is 12.1. The topological polar surface area (TPSA) is 67.2 Å². The fourth-order valence-corrected chi connectivity index (χ4v) is 2.82. The van der Waals surface area contributed by atoms with E-state index in [1.807, 2.05) is 4.90 Å². The highest BCUT2D eigenvalue weighted by Gasteiger charge is 2.25. The molecule has 1 aliphatic heterocycles. The SMILES string of the molecule is C[C@@H]1C[C@@H](C)CN(C(=O)CNC(=O)c2ccnn2C)C1. The summed E-state index contributed by atoms with van der Waals surface area (Å²) in [4.78, 5) is 25.9. The van der Waals surface area contributed by atoms with Crippen molar-refractivity contribution < 1.29 is 9.59 Å². The molecule has 6 heteroatoms. The monoisotopic (exact) mass is 278 g/mol. The first-order chi connectivity index (χ1) is 9.47. The average Bonchev–Trinajstić information content (AvgIpc) is 2.80. The van der Waals surface area contributed by atoms with Crippen LogP contribution in [0.2, 0.25) is 0 Å². The molecule has 2 rings (SSSR count). The summed E-state index contributed by atoms with van der Waals surface area (Å²) in [7, 11) is 1.70. The Hall–Kier alpha value is -1.85. The summed E-state index contributed by atoms with van der Waals surface area (Å²) in [5, 5.41) is 6.60. The fourth-order valence-electron chi connectivity index (χ4n) is 2.82. The Morgan fingerprint density at radius 1 is 1.35 bits per heavy atom. The summed E-state index contributed by atoms with van der Waals surface area (Å²) >= 11 is 0. The Morgan fingerprint density at radius 3 is 2.55 bits per heavy atom. The smallest absolute Gasteiger partial charge is 0.269 e. The summed E-state index contributed by atoms with van der Waals surface area (Å²) in [6.45, 7) is 5.92. The van der Waals surface area contributed by atoms with Crippen LogP contribution in [-0.2, 0) is 11.8 Å². The van der Waals surface area contributed by atoms with E-state index < -0.39 is 0 Å². The number of likely N-dealkylation sites (tertiary alicyclic amines) is 1. The van der Waals surface area contributed by atoms with Gasteiger partial charge in [-0.25, -0.2) is 0 Å². The quantitative estimate of drug-likeness (QED) is 0.883. The van der Waals surface area contributed by atoms with Crippen LogP contribution in [-0.4, -0.2) is 46.1 Å². The first-order valence-corrected chi connectivity index (χ1v) is 7.01. The van der Waals surface area contributed by atoms with E-state index >= 15 is 0 Å². The molecule has 0 spiro atoms. The normalized spacial score (nSPS) is 22.6. The van der Waals surface area contributed by atoms with Gasteiger partial charge in [-0.2, -0.15) is 5.10 Å². The molecule has 1 N–H and O–H groups in total. The van der Waals surface area contributed by atoms with Crippen LogP contribution < -0.4 is 5.32 Å². The van der Waals surface area contributed by atoms with Crippen molar-refractivity contribution >= 4 is 11.8 Å². The molecule has 2 atom stereocenters. The molecule has 2 heterocycles. The van der Waals surface area contributed by atoms with Gasteiger partial charge < -0.3 is 10.2 Å². The number of nitrogens with zero attached hydrogens (tertiary/aromatic N) is 3. The number of carbonyl (C=O) groups excluding carboxylic acids is 2. The van der Waals surface area contributed by atoms with Crippen molar-refractivity contribution in [2.24, 2.45) is 18.9 Å². The number of hydrogen-bond acceptors (Lipinski definition) is 3. The summed E-state index contributed by atoms with van der Waals surface area (Å²) in [5.41, 5.74) is 0.457. The number of hydrogen-bond donors (Lipinski definition) is 1. The van der Waals surface area contributed by atoms with Gasteiger partial charge in [-0.3, -0.25) is 14.3 Å². The summed E-state index contributed by atoms with van der Waals surface area (Å²) in [6.07, 6.45) is 2.72. The maximum absolute atomic E-state index is 12.1. The van der Waals surface area contributed by atoms with E-state index in [0.29, 0.717) is 17.5 Å². The molecule has 0 bridgehead atoms. The predicted octanol–water partition coefficient (Wildman–Crippen LogP) is 0.654. The van der Waals surface area contributed by atoms with Gasteiger partial charge in [0.1, 0.15) is 5.69 Å². The fraction of sp³-hybridized carbons (Fsp3) is 0.643. The van der Waals surface area contributed by atoms with Gasteiger partial charge in [-0.1, -0.05) is 13.8 Å². The molecule has 2 amide bonds. The molecule has 0 saturated carbocycles. The number of piperidine rings is 1. The van der Waals surface area contributed by atoms with E-state index in [0.717, 1.165) is 19.5 Å². The van der Waals surface area contributed by atoms with E-state index in [9.17, 15) is 9.59 Å². The molecule has 1 saturated heterocycles. The Morgan fingerprint density at radius 2 is 2.00 bits per heavy atom. The Balaban J connectivity index is 1.86. The highest BCUT2D eigenvalue weighted by atomic mass is 16.2. The Bertz CT molecular complexity index is 487. The standard InChI is InChI=1S/C14H22N4O2/c1-10-6-11(2)9-18(8-10)13(19)7-15-14(20)12-4-5-16-17(12)3/h4-5,10-11H,6-9H2,1-3H3,(H,15,20)/t10-,11-/m1/s1. The predicted molar refractivity (Wildman–Crippen MR) is 75.1 cm³/mol. The van der Waals surface area contributed by atoms with Crippen molar-refractivity contribution in [1.82, 2.24) is 20.0 Å². The van der Waals surface area contributed by atoms with Crippen LogP contribution >= 0.6 is 0 Å². The molecule has 0 radical (unpaired) electrons. The number of aryl methyl sites for hydroxylation is 1. The molecule has 6 nitrogen and oxygen atoms in total. The van der Waals surface area contributed by atoms with Crippen LogP contribution in [0.5, 0.6) is 0 Å². The van der Waals surface area contributed by atoms with E-state index in [-0.39, 0.29) is 18.4 Å². The zero-order chi connectivity index (χ0) is 14.7. The van der Waals surface area contributed by atoms with Crippen molar-refractivity contribution in [1.29, 1.82) is 0 Å². The number of carbonyl (C=O) groups is 2. The van der Waals surface area contributed by atoms with E-state index in [1.54, 1.807) is 19.3 Å². The van der Waals surface area contributed by atoms with Gasteiger partial charge in [-0.15, -0.1) is 0 Å². The molecule has 0 aromatic carbocycles. The second kappa shape index (κ2) is 6.07. The summed E-state index contributed by atoms with van der Waals surface area (Å²) < 4.78 is 1.49. The highest BCUT2D eigenvalue weighted by molar-refractivity contribution is 5.95. The number of nitrogens with one attached hydrogen (secondary N) is 1. The Labute approximate surface area is 119 Å². The van der Waals surface area contributed by atoms with Crippen LogP contribution in [0.4, 0.5) is 0 Å². The van der Waals surface area contributed by atoms with Gasteiger partial charge in [0.15, 0.2) is 0 Å². The third-order valence-corrected chi connectivity index (χ3v) is 3.68. The van der Waals surface area contributed by atoms with Crippen molar-refractivity contribution in [3.63, 3.8) is 0 Å². The van der Waals surface area contributed by atoms with Gasteiger partial charge in [0.05, 0.1) is 6.54 Å². The minimum Gasteiger partial charge on any atom is -0.342 e. The van der Waals surface area contributed by atoms with Crippen LogP contribution in [0.15, 0.2) is 12.3 Å². The van der Waals surface area contributed by atoms with E-state index in [2.05, 4.69) is 24.3 Å². The molecule has 0 unspecified atom stereocenters. The highest BCUT2D eigenvalue weighted by Crippen LogP contribution is 2.20. The lowest BCUT2D eigenvalue weighted by molar-refractivity contribution is -0.132. The molecule has 1 aromatic rings. The van der Waals surface area contributed by atoms with Crippen molar-refractivity contribution in [2.75, 3.05) is 19.6 Å². The minimum atomic E-state index is -0.267. The molecule has 20 heavy (non-hydrogen) atoms. The largest absolute Gasteiger partial charge is 0.342 e. The van der Waals surface area contributed by atoms with Gasteiger partial charge in [0, 0.05) is 26.3 Å². The lowest BCUT2D eigenvalue weighted by Gasteiger charge is -2.35. The van der Waals surface area contributed by atoms with Gasteiger partial charge >= 0.3 is 0 Å². The molecular weight excluding hydrogens is 256 g/mol. The van der Waals surface area contributed by atoms with Gasteiger partial charge in [-0.05, 0) is 24.3 Å². The lowest BCUT2D eigenvalue weighted by atomic mass is 9.92. The maximum Gasteiger partial charge on any atom is 0.269 e. The second-order valence-electron chi connectivity index (χ2n) is 5.77. The minimum absolute atomic E-state index is 0.0149. The molecule has 1 aliphatic rings. The number of rotatable bonds is 3. The van der Waals surface area contributed by atoms with Crippen molar-refractivity contribution in [3.05, 3.63) is 18.0 Å². The molecule has 110 valence electrons. The first-order valence-electron chi connectivity index (χ1n) is 7.01. The summed E-state index contributed by atoms with van der Waals surface area (Å²) in [5.74, 6) is 0.765. The van der Waals surface area contributed by atoms with Crippen molar-refractivity contribution in [3.8, 4) is 0 Å². The number of aromatic nitrogens is 2. The zero-order valence-electron chi connectivity index (χ0n) is 12.3. The number of amides is 2. The summed E-state index contributed by atoms with van der Waals surface area (Å²) in [6, 6.07) is 1.63. The third kappa shape index (κ3) is 3.37. The molecular formula is C14H22N4O2. The third-order valence-electron chi connectivity index (χ3n) is 3.68. The molecule has 1 aromatic heterocycles. The first kappa shape index (κ1) is 14.6. The van der Waals surface area contributed by atoms with Crippen molar-refractivity contribution in [2.45, 2.75) is 20.3 Å². The second-order valence-corrected chi connectivity index (χ2v) is 5.77. The van der Waals surface area contributed by atoms with E-state index in [1.165, 1.54) is 4.68 Å². The lowest BCUT2D eigenvalue weighted by Crippen LogP contribution is -2.47. The van der Waals surface area contributed by atoms with Crippen LogP contribution in [0.1, 0.15) is 30.8 Å². The van der Waals surface area contributed by atoms with Gasteiger partial charge in [0.25, 0.3) is 5.91 Å². The molecule has 0 aliphatic carbocycles. The van der Waals surface area contributed by atoms with Crippen LogP contribution in [0.3, 0.4) is 0 Å². The Kier molecular flexibility index (Phi) is 4.42. The average molecular weight is 278 g/mol. The van der Waals surface area contributed by atoms with Gasteiger partial charge in [0.2, 0.25) is 5.91 Å². The zero-order valence-corrected chi connectivity index (χ0v) is 12.3.